The van der Waals surface area contributed by atoms with Crippen molar-refractivity contribution in [2.24, 2.45) is 0 Å². The van der Waals surface area contributed by atoms with Gasteiger partial charge in [0.1, 0.15) is 39.3 Å². The van der Waals surface area contributed by atoms with E-state index in [2.05, 4.69) is 7.05 Å². The molecule has 0 aromatic heterocycles. The third-order valence-electron chi connectivity index (χ3n) is 3.02. The maximum atomic E-state index is 2.40. The van der Waals surface area contributed by atoms with Gasteiger partial charge in [-0.25, -0.2) is 0 Å². The molecule has 2 nitrogen and oxygen atoms in total. The highest BCUT2D eigenvalue weighted by Crippen LogP contribution is 2.04. The highest BCUT2D eigenvalue weighted by Gasteiger charge is 2.37. The third kappa shape index (κ3) is 0.864. The predicted octanol–water partition coefficient (Wildman–Crippen LogP) is -1.65. The van der Waals surface area contributed by atoms with Crippen molar-refractivity contribution >= 4 is 0 Å². The minimum atomic E-state index is 1.36. The lowest BCUT2D eigenvalue weighted by Gasteiger charge is -2.45. The third-order valence-corrected chi connectivity index (χ3v) is 3.02. The van der Waals surface area contributed by atoms with Crippen LogP contribution in [0.1, 0.15) is 0 Å². The minimum absolute atomic E-state index is 1.36. The highest BCUT2D eigenvalue weighted by atomic mass is 15.4. The fraction of sp³-hybridized carbons (Fsp3) is 1.00. The van der Waals surface area contributed by atoms with Gasteiger partial charge in [0.2, 0.25) is 0 Å². The highest BCUT2D eigenvalue weighted by molar-refractivity contribution is 4.50. The first-order valence-electron chi connectivity index (χ1n) is 3.96. The van der Waals surface area contributed by atoms with E-state index in [1.54, 1.807) is 0 Å². The molecule has 1 N–H and O–H groups in total. The molecule has 52 valence electrons. The van der Waals surface area contributed by atoms with Crippen LogP contribution >= 0.6 is 0 Å². The summed E-state index contributed by atoms with van der Waals surface area (Å²) in [6.45, 7) is 8.56. The summed E-state index contributed by atoms with van der Waals surface area (Å²) >= 11 is 0. The summed E-state index contributed by atoms with van der Waals surface area (Å²) in [4.78, 5) is 1.84. The van der Waals surface area contributed by atoms with Crippen LogP contribution < -0.4 is 4.90 Å². The summed E-state index contributed by atoms with van der Waals surface area (Å²) in [6.07, 6.45) is 0. The van der Waals surface area contributed by atoms with Crippen molar-refractivity contribution in [2.45, 2.75) is 0 Å². The van der Waals surface area contributed by atoms with Gasteiger partial charge in [-0.15, -0.1) is 0 Å². The average molecular weight is 128 g/mol. The van der Waals surface area contributed by atoms with Crippen LogP contribution in [0.15, 0.2) is 0 Å². The molecular weight excluding hydrogens is 112 g/mol. The topological polar surface area (TPSA) is 4.44 Å². The number of rotatable bonds is 0. The number of fused-ring (bicyclic) bond motifs is 3. The lowest BCUT2D eigenvalue weighted by molar-refractivity contribution is -1.06. The Balaban J connectivity index is 2.11. The second-order valence-corrected chi connectivity index (χ2v) is 3.79. The number of quaternary nitrogens is 2. The molecule has 0 radical (unpaired) electrons. The number of nitrogens with zero attached hydrogens (tertiary/aromatic N) is 1. The van der Waals surface area contributed by atoms with E-state index in [1.165, 1.54) is 43.8 Å². The lowest BCUT2D eigenvalue weighted by atomic mass is 10.2. The molecule has 2 heteroatoms. The van der Waals surface area contributed by atoms with E-state index in [0.29, 0.717) is 0 Å². The predicted molar refractivity (Wildman–Crippen MR) is 36.3 cm³/mol. The summed E-state index contributed by atoms with van der Waals surface area (Å²) in [5.74, 6) is 0. The molecule has 0 amide bonds. The number of piperazine rings is 3. The Labute approximate surface area is 56.6 Å². The average Bonchev–Trinajstić information content (AvgIpc) is 1.90. The largest absolute Gasteiger partial charge is 0.321 e. The molecule has 3 fully saturated rings. The first-order valence-corrected chi connectivity index (χ1v) is 3.96. The Morgan fingerprint density at radius 2 is 1.44 bits per heavy atom. The van der Waals surface area contributed by atoms with Gasteiger partial charge in [0.25, 0.3) is 0 Å². The summed E-state index contributed by atoms with van der Waals surface area (Å²) in [6, 6.07) is 0. The van der Waals surface area contributed by atoms with E-state index < -0.39 is 0 Å². The molecule has 3 aliphatic rings. The fourth-order valence-electron chi connectivity index (χ4n) is 1.99. The number of hydrogen-bond donors (Lipinski definition) is 1. The molecule has 3 rings (SSSR count). The molecule has 0 aliphatic carbocycles. The Bertz CT molecular complexity index is 100. The molecule has 3 heterocycles. The zero-order valence-electron chi connectivity index (χ0n) is 6.19. The Kier molecular flexibility index (Phi) is 1.08. The van der Waals surface area contributed by atoms with Crippen molar-refractivity contribution in [1.29, 1.82) is 0 Å². The number of likely N-dealkylation sites (N-methyl/N-ethyl adjacent to an activating group) is 1. The van der Waals surface area contributed by atoms with E-state index >= 15 is 0 Å². The van der Waals surface area contributed by atoms with Crippen LogP contribution in [-0.4, -0.2) is 50.8 Å². The second-order valence-electron chi connectivity index (χ2n) is 3.79. The lowest BCUT2D eigenvalue weighted by Crippen LogP contribution is -3.19. The quantitative estimate of drug-likeness (QED) is 0.373. The summed E-state index contributed by atoms with van der Waals surface area (Å²) in [7, 11) is 2.40. The molecule has 0 saturated carbocycles. The molecular formula is C7H16N2+2. The van der Waals surface area contributed by atoms with Crippen molar-refractivity contribution in [2.75, 3.05) is 46.3 Å². The van der Waals surface area contributed by atoms with Gasteiger partial charge in [-0.2, -0.15) is 0 Å². The molecule has 0 spiro atoms. The van der Waals surface area contributed by atoms with Gasteiger partial charge in [0.05, 0.1) is 7.05 Å². The van der Waals surface area contributed by atoms with Crippen molar-refractivity contribution in [3.63, 3.8) is 0 Å². The summed E-state index contributed by atoms with van der Waals surface area (Å²) in [5.41, 5.74) is 0. The zero-order chi connectivity index (χ0) is 6.32. The molecule has 3 saturated heterocycles. The van der Waals surface area contributed by atoms with Crippen LogP contribution in [-0.2, 0) is 0 Å². The van der Waals surface area contributed by atoms with Gasteiger partial charge < -0.3 is 9.38 Å². The maximum absolute atomic E-state index is 2.40. The van der Waals surface area contributed by atoms with Gasteiger partial charge in [0, 0.05) is 0 Å². The van der Waals surface area contributed by atoms with E-state index in [9.17, 15) is 0 Å². The first kappa shape index (κ1) is 5.69. The van der Waals surface area contributed by atoms with E-state index in [1.807, 2.05) is 4.90 Å². The molecule has 0 aromatic rings. The number of hydrogen-bond acceptors (Lipinski definition) is 0. The van der Waals surface area contributed by atoms with E-state index in [4.69, 9.17) is 0 Å². The van der Waals surface area contributed by atoms with E-state index in [0.717, 1.165) is 0 Å². The van der Waals surface area contributed by atoms with Crippen molar-refractivity contribution in [1.82, 2.24) is 0 Å². The van der Waals surface area contributed by atoms with Gasteiger partial charge in [-0.05, 0) is 0 Å². The summed E-state index contributed by atoms with van der Waals surface area (Å²) < 4.78 is 1.36. The Morgan fingerprint density at radius 3 is 1.67 bits per heavy atom. The van der Waals surface area contributed by atoms with Gasteiger partial charge in [0.15, 0.2) is 0 Å². The van der Waals surface area contributed by atoms with Crippen molar-refractivity contribution in [3.8, 4) is 0 Å². The molecule has 3 aliphatic heterocycles. The second kappa shape index (κ2) is 1.70. The first-order chi connectivity index (χ1) is 4.29. The van der Waals surface area contributed by atoms with Crippen LogP contribution in [0.25, 0.3) is 0 Å². The van der Waals surface area contributed by atoms with E-state index in [-0.39, 0.29) is 0 Å². The van der Waals surface area contributed by atoms with Crippen molar-refractivity contribution < 1.29 is 9.38 Å². The van der Waals surface area contributed by atoms with Crippen LogP contribution in [0.4, 0.5) is 0 Å². The Morgan fingerprint density at radius 1 is 1.00 bits per heavy atom. The molecule has 9 heavy (non-hydrogen) atoms. The van der Waals surface area contributed by atoms with Crippen molar-refractivity contribution in [3.05, 3.63) is 0 Å². The molecule has 2 bridgehead atoms. The molecule has 0 unspecified atom stereocenters. The fourth-order valence-corrected chi connectivity index (χ4v) is 1.99. The smallest absolute Gasteiger partial charge is 0.129 e. The summed E-state index contributed by atoms with van der Waals surface area (Å²) in [5, 5.41) is 0. The number of nitrogens with one attached hydrogen (secondary N) is 1. The van der Waals surface area contributed by atoms with Crippen LogP contribution in [0.5, 0.6) is 0 Å². The molecule has 0 aromatic carbocycles. The standard InChI is InChI=1S/C7H15N2/c1-9-5-2-8(3-6-9)4-7-9/h2-7H2,1H3/q+1/p+1. The van der Waals surface area contributed by atoms with Crippen LogP contribution in [0, 0.1) is 0 Å². The van der Waals surface area contributed by atoms with Gasteiger partial charge >= 0.3 is 0 Å². The monoisotopic (exact) mass is 128 g/mol. The van der Waals surface area contributed by atoms with Crippen LogP contribution in [0.3, 0.4) is 0 Å². The molecule has 0 atom stereocenters. The van der Waals surface area contributed by atoms with Gasteiger partial charge in [-0.3, -0.25) is 0 Å². The van der Waals surface area contributed by atoms with Gasteiger partial charge in [-0.1, -0.05) is 0 Å². The normalized spacial score (nSPS) is 49.7. The maximum Gasteiger partial charge on any atom is 0.129 e. The van der Waals surface area contributed by atoms with Crippen LogP contribution in [0.2, 0.25) is 0 Å². The Hall–Kier alpha value is -0.0800. The SMILES string of the molecule is C[N+]12CC[NH+](CC1)CC2. The zero-order valence-corrected chi connectivity index (χ0v) is 6.19. The minimum Gasteiger partial charge on any atom is -0.321 e.